The molecule has 6 nitrogen and oxygen atoms in total. The largest absolute Gasteiger partial charge is 0.480 e. The molecule has 0 saturated carbocycles. The molecule has 1 rings (SSSR count). The van der Waals surface area contributed by atoms with Gasteiger partial charge in [0, 0.05) is 18.6 Å². The first-order chi connectivity index (χ1) is 8.36. The zero-order valence-electron chi connectivity index (χ0n) is 10.0. The molecule has 0 amide bonds. The Morgan fingerprint density at radius 2 is 2.22 bits per heavy atom. The molecule has 1 aromatic rings. The Kier molecular flexibility index (Phi) is 5.27. The van der Waals surface area contributed by atoms with E-state index in [1.54, 1.807) is 13.0 Å². The Morgan fingerprint density at radius 1 is 1.56 bits per heavy atom. The van der Waals surface area contributed by atoms with E-state index in [1.807, 2.05) is 0 Å². The first-order valence-electron chi connectivity index (χ1n) is 5.17. The summed E-state index contributed by atoms with van der Waals surface area (Å²) < 4.78 is 30.9. The van der Waals surface area contributed by atoms with Gasteiger partial charge >= 0.3 is 5.97 Å². The number of aliphatic carboxylic acids is 1. The van der Waals surface area contributed by atoms with Gasteiger partial charge in [0.05, 0.1) is 0 Å². The van der Waals surface area contributed by atoms with Crippen molar-refractivity contribution < 1.29 is 23.1 Å². The predicted molar refractivity (Wildman–Crippen MR) is 67.3 cm³/mol. The number of carboxylic acid groups (broad SMARTS) is 1. The van der Waals surface area contributed by atoms with Crippen LogP contribution in [0.25, 0.3) is 0 Å². The minimum absolute atomic E-state index is 0.0788. The molecule has 0 radical (unpaired) electrons. The smallest absolute Gasteiger partial charge is 0.321 e. The fourth-order valence-corrected chi connectivity index (χ4v) is 3.79. The molecule has 0 aliphatic rings. The molecule has 0 aromatic carbocycles. The zero-order chi connectivity index (χ0) is 13.8. The van der Waals surface area contributed by atoms with E-state index >= 15 is 0 Å². The number of sulfonamides is 1. The SMILES string of the molecule is COCCC(NS(=O)(=O)c1ccc(C)s1)C(=O)O. The van der Waals surface area contributed by atoms with Gasteiger partial charge in [0.15, 0.2) is 0 Å². The lowest BCUT2D eigenvalue weighted by Gasteiger charge is -2.13. The summed E-state index contributed by atoms with van der Waals surface area (Å²) in [5.74, 6) is -1.22. The molecule has 0 bridgehead atoms. The lowest BCUT2D eigenvalue weighted by molar-refractivity contribution is -0.139. The van der Waals surface area contributed by atoms with Crippen LogP contribution in [0.3, 0.4) is 0 Å². The summed E-state index contributed by atoms with van der Waals surface area (Å²) in [6, 6.07) is 1.94. The monoisotopic (exact) mass is 293 g/mol. The molecule has 0 saturated heterocycles. The Labute approximate surface area is 110 Å². The van der Waals surface area contributed by atoms with Crippen molar-refractivity contribution in [2.75, 3.05) is 13.7 Å². The predicted octanol–water partition coefficient (Wildman–Crippen LogP) is 0.825. The second kappa shape index (κ2) is 6.28. The van der Waals surface area contributed by atoms with Crippen LogP contribution in [0, 0.1) is 6.92 Å². The van der Waals surface area contributed by atoms with E-state index in [0.717, 1.165) is 16.2 Å². The Bertz CT molecular complexity index is 508. The van der Waals surface area contributed by atoms with Crippen LogP contribution in [0.5, 0.6) is 0 Å². The molecule has 1 unspecified atom stereocenters. The number of nitrogens with one attached hydrogen (secondary N) is 1. The summed E-state index contributed by atoms with van der Waals surface area (Å²) >= 11 is 1.10. The van der Waals surface area contributed by atoms with Crippen molar-refractivity contribution in [3.8, 4) is 0 Å². The van der Waals surface area contributed by atoms with Gasteiger partial charge in [-0.25, -0.2) is 8.42 Å². The van der Waals surface area contributed by atoms with Crippen molar-refractivity contribution in [2.45, 2.75) is 23.6 Å². The number of carboxylic acids is 1. The first-order valence-corrected chi connectivity index (χ1v) is 7.47. The van der Waals surface area contributed by atoms with Crippen molar-refractivity contribution >= 4 is 27.3 Å². The van der Waals surface area contributed by atoms with Gasteiger partial charge in [0.25, 0.3) is 10.0 Å². The topological polar surface area (TPSA) is 92.7 Å². The third kappa shape index (κ3) is 4.05. The third-order valence-electron chi connectivity index (χ3n) is 2.19. The minimum Gasteiger partial charge on any atom is -0.480 e. The number of carbonyl (C=O) groups is 1. The molecule has 0 fully saturated rings. The van der Waals surface area contributed by atoms with Gasteiger partial charge < -0.3 is 9.84 Å². The van der Waals surface area contributed by atoms with Crippen LogP contribution in [0.15, 0.2) is 16.3 Å². The molecule has 1 aromatic heterocycles. The Hall–Kier alpha value is -0.960. The second-order valence-electron chi connectivity index (χ2n) is 3.66. The van der Waals surface area contributed by atoms with E-state index in [2.05, 4.69) is 4.72 Å². The minimum atomic E-state index is -3.78. The van der Waals surface area contributed by atoms with Crippen molar-refractivity contribution in [2.24, 2.45) is 0 Å². The van der Waals surface area contributed by atoms with Crippen LogP contribution in [-0.2, 0) is 19.6 Å². The average Bonchev–Trinajstić information content (AvgIpc) is 2.71. The van der Waals surface area contributed by atoms with E-state index in [0.29, 0.717) is 0 Å². The van der Waals surface area contributed by atoms with Gasteiger partial charge in [0.1, 0.15) is 10.3 Å². The highest BCUT2D eigenvalue weighted by atomic mass is 32.2. The van der Waals surface area contributed by atoms with Crippen LogP contribution in [-0.4, -0.2) is 39.3 Å². The summed E-state index contributed by atoms with van der Waals surface area (Å²) in [7, 11) is -2.36. The standard InChI is InChI=1S/C10H15NO5S2/c1-7-3-4-9(17-7)18(14,15)11-8(10(12)13)5-6-16-2/h3-4,8,11H,5-6H2,1-2H3,(H,12,13). The Morgan fingerprint density at radius 3 is 2.67 bits per heavy atom. The number of aryl methyl sites for hydroxylation is 1. The number of hydrogen-bond acceptors (Lipinski definition) is 5. The highest BCUT2D eigenvalue weighted by Crippen LogP contribution is 2.20. The molecule has 18 heavy (non-hydrogen) atoms. The van der Waals surface area contributed by atoms with Crippen LogP contribution in [0.1, 0.15) is 11.3 Å². The maximum atomic E-state index is 11.9. The molecule has 0 spiro atoms. The summed E-state index contributed by atoms with van der Waals surface area (Å²) in [5, 5.41) is 8.94. The molecule has 1 heterocycles. The first kappa shape index (κ1) is 15.1. The van der Waals surface area contributed by atoms with Crippen molar-refractivity contribution in [3.63, 3.8) is 0 Å². The normalized spacial score (nSPS) is 13.4. The molecule has 0 aliphatic carbocycles. The van der Waals surface area contributed by atoms with Crippen LogP contribution >= 0.6 is 11.3 Å². The van der Waals surface area contributed by atoms with Gasteiger partial charge in [-0.3, -0.25) is 4.79 Å². The van der Waals surface area contributed by atoms with Crippen molar-refractivity contribution in [3.05, 3.63) is 17.0 Å². The maximum Gasteiger partial charge on any atom is 0.321 e. The molecule has 102 valence electrons. The highest BCUT2D eigenvalue weighted by molar-refractivity contribution is 7.91. The third-order valence-corrected chi connectivity index (χ3v) is 5.15. The van der Waals surface area contributed by atoms with Gasteiger partial charge in [-0.05, 0) is 25.5 Å². The fraction of sp³-hybridized carbons (Fsp3) is 0.500. The number of methoxy groups -OCH3 is 1. The lowest BCUT2D eigenvalue weighted by atomic mass is 10.2. The van der Waals surface area contributed by atoms with Gasteiger partial charge in [-0.1, -0.05) is 0 Å². The summed E-state index contributed by atoms with van der Waals surface area (Å²) in [6.07, 6.45) is 0.0788. The molecular formula is C10H15NO5S2. The van der Waals surface area contributed by atoms with Crippen LogP contribution in [0.2, 0.25) is 0 Å². The Balaban J connectivity index is 2.82. The van der Waals surface area contributed by atoms with Gasteiger partial charge in [-0.2, -0.15) is 4.72 Å². The summed E-state index contributed by atoms with van der Waals surface area (Å²) in [5.41, 5.74) is 0. The number of rotatable bonds is 7. The highest BCUT2D eigenvalue weighted by Gasteiger charge is 2.25. The van der Waals surface area contributed by atoms with E-state index in [-0.39, 0.29) is 17.2 Å². The van der Waals surface area contributed by atoms with E-state index in [1.165, 1.54) is 13.2 Å². The van der Waals surface area contributed by atoms with Gasteiger partial charge in [-0.15, -0.1) is 11.3 Å². The molecule has 2 N–H and O–H groups in total. The van der Waals surface area contributed by atoms with Gasteiger partial charge in [0.2, 0.25) is 0 Å². The summed E-state index contributed by atoms with van der Waals surface area (Å²) in [4.78, 5) is 11.8. The van der Waals surface area contributed by atoms with E-state index in [9.17, 15) is 13.2 Å². The van der Waals surface area contributed by atoms with Crippen molar-refractivity contribution in [1.29, 1.82) is 0 Å². The molecule has 8 heteroatoms. The number of ether oxygens (including phenoxy) is 1. The van der Waals surface area contributed by atoms with Crippen molar-refractivity contribution in [1.82, 2.24) is 4.72 Å². The fourth-order valence-electron chi connectivity index (χ4n) is 1.27. The molecule has 1 atom stereocenters. The second-order valence-corrected chi connectivity index (χ2v) is 6.89. The molecular weight excluding hydrogens is 278 g/mol. The average molecular weight is 293 g/mol. The lowest BCUT2D eigenvalue weighted by Crippen LogP contribution is -2.41. The summed E-state index contributed by atoms with van der Waals surface area (Å²) in [6.45, 7) is 1.95. The van der Waals surface area contributed by atoms with Crippen LogP contribution < -0.4 is 4.72 Å². The quantitative estimate of drug-likeness (QED) is 0.776. The maximum absolute atomic E-state index is 11.9. The van der Waals surface area contributed by atoms with E-state index in [4.69, 9.17) is 9.84 Å². The van der Waals surface area contributed by atoms with E-state index < -0.39 is 22.0 Å². The zero-order valence-corrected chi connectivity index (χ0v) is 11.7. The number of hydrogen-bond donors (Lipinski definition) is 2. The van der Waals surface area contributed by atoms with Crippen LogP contribution in [0.4, 0.5) is 0 Å². The number of thiophene rings is 1. The molecule has 0 aliphatic heterocycles.